The number of hydrogen-bond donors (Lipinski definition) is 1. The molecular weight excluding hydrogens is 337 g/mol. The van der Waals surface area contributed by atoms with Gasteiger partial charge in [0.05, 0.1) is 7.11 Å². The Morgan fingerprint density at radius 2 is 1.96 bits per heavy atom. The van der Waals surface area contributed by atoms with Gasteiger partial charge in [-0.2, -0.15) is 0 Å². The van der Waals surface area contributed by atoms with E-state index in [1.165, 1.54) is 19.2 Å². The Morgan fingerprint density at radius 1 is 1.19 bits per heavy atom. The number of ether oxygens (including phenoxy) is 1. The van der Waals surface area contributed by atoms with E-state index >= 15 is 0 Å². The molecule has 0 saturated carbocycles. The molecule has 0 aliphatic heterocycles. The molecule has 1 heterocycles. The summed E-state index contributed by atoms with van der Waals surface area (Å²) in [7, 11) is 3.31. The number of aromatic hydroxyl groups is 1. The number of benzene rings is 2. The molecule has 2 aromatic carbocycles. The van der Waals surface area contributed by atoms with E-state index in [1.54, 1.807) is 31.2 Å². The van der Waals surface area contributed by atoms with Gasteiger partial charge in [-0.05, 0) is 49.4 Å². The fourth-order valence-electron chi connectivity index (χ4n) is 3.01. The molecular formula is C20H20FNO4. The minimum atomic E-state index is -0.468. The van der Waals surface area contributed by atoms with E-state index in [0.717, 1.165) is 16.5 Å². The first-order valence-electron chi connectivity index (χ1n) is 8.15. The number of phenols is 1. The van der Waals surface area contributed by atoms with Crippen LogP contribution in [0.1, 0.15) is 16.7 Å². The summed E-state index contributed by atoms with van der Waals surface area (Å²) in [5.41, 5.74) is 2.03. The van der Waals surface area contributed by atoms with Crippen molar-refractivity contribution in [3.63, 3.8) is 0 Å². The lowest BCUT2D eigenvalue weighted by Gasteiger charge is -2.18. The third kappa shape index (κ3) is 3.55. The van der Waals surface area contributed by atoms with Crippen LogP contribution in [-0.2, 0) is 13.1 Å². The third-order valence-corrected chi connectivity index (χ3v) is 4.33. The maximum absolute atomic E-state index is 13.9. The predicted molar refractivity (Wildman–Crippen MR) is 97.0 cm³/mol. The van der Waals surface area contributed by atoms with E-state index in [4.69, 9.17) is 9.15 Å². The first-order valence-corrected chi connectivity index (χ1v) is 8.15. The van der Waals surface area contributed by atoms with E-state index in [9.17, 15) is 14.3 Å². The van der Waals surface area contributed by atoms with Gasteiger partial charge in [-0.1, -0.05) is 6.07 Å². The number of fused-ring (bicyclic) bond motifs is 1. The molecule has 0 bridgehead atoms. The van der Waals surface area contributed by atoms with E-state index < -0.39 is 11.4 Å². The van der Waals surface area contributed by atoms with Crippen LogP contribution in [0.4, 0.5) is 4.39 Å². The number of phenolic OH excluding ortho intramolecular Hbond substituents is 1. The van der Waals surface area contributed by atoms with Crippen molar-refractivity contribution in [3.05, 3.63) is 69.3 Å². The topological polar surface area (TPSA) is 62.9 Å². The SMILES string of the molecule is COc1ccc(CN(C)Cc2cc(=O)oc3c(C)c(O)ccc23)cc1F. The minimum absolute atomic E-state index is 0.0832. The highest BCUT2D eigenvalue weighted by Gasteiger charge is 2.13. The minimum Gasteiger partial charge on any atom is -0.508 e. The first-order chi connectivity index (χ1) is 12.4. The fraction of sp³-hybridized carbons (Fsp3) is 0.250. The Hall–Kier alpha value is -2.86. The highest BCUT2D eigenvalue weighted by Crippen LogP contribution is 2.28. The van der Waals surface area contributed by atoms with Gasteiger partial charge in [0.25, 0.3) is 0 Å². The lowest BCUT2D eigenvalue weighted by atomic mass is 10.1. The zero-order valence-corrected chi connectivity index (χ0v) is 14.9. The normalized spacial score (nSPS) is 11.3. The first kappa shape index (κ1) is 17.9. The molecule has 0 saturated heterocycles. The number of hydrogen-bond acceptors (Lipinski definition) is 5. The van der Waals surface area contributed by atoms with Crippen molar-refractivity contribution >= 4 is 11.0 Å². The predicted octanol–water partition coefficient (Wildman–Crippen LogP) is 3.59. The average Bonchev–Trinajstić information content (AvgIpc) is 2.58. The van der Waals surface area contributed by atoms with Crippen LogP contribution in [0.3, 0.4) is 0 Å². The zero-order chi connectivity index (χ0) is 18.8. The molecule has 26 heavy (non-hydrogen) atoms. The summed E-state index contributed by atoms with van der Waals surface area (Å²) in [5.74, 6) is -0.117. The largest absolute Gasteiger partial charge is 0.508 e. The van der Waals surface area contributed by atoms with E-state index in [1.807, 2.05) is 11.9 Å². The van der Waals surface area contributed by atoms with Crippen molar-refractivity contribution in [2.45, 2.75) is 20.0 Å². The van der Waals surface area contributed by atoms with E-state index in [0.29, 0.717) is 24.2 Å². The van der Waals surface area contributed by atoms with Crippen molar-refractivity contribution in [2.24, 2.45) is 0 Å². The molecule has 3 aromatic rings. The van der Waals surface area contributed by atoms with Crippen LogP contribution in [0.2, 0.25) is 0 Å². The number of aryl methyl sites for hydroxylation is 1. The number of nitrogens with zero attached hydrogens (tertiary/aromatic N) is 1. The van der Waals surface area contributed by atoms with Gasteiger partial charge in [0.15, 0.2) is 11.6 Å². The Labute approximate surface area is 150 Å². The van der Waals surface area contributed by atoms with Gasteiger partial charge in [-0.15, -0.1) is 0 Å². The second-order valence-electron chi connectivity index (χ2n) is 6.32. The van der Waals surface area contributed by atoms with Gasteiger partial charge in [0, 0.05) is 30.1 Å². The Bertz CT molecular complexity index is 1010. The summed E-state index contributed by atoms with van der Waals surface area (Å²) in [6.07, 6.45) is 0. The van der Waals surface area contributed by atoms with Gasteiger partial charge in [0.2, 0.25) is 0 Å². The maximum atomic E-state index is 13.9. The average molecular weight is 357 g/mol. The van der Waals surface area contributed by atoms with Crippen LogP contribution in [0, 0.1) is 12.7 Å². The van der Waals surface area contributed by atoms with Crippen LogP contribution < -0.4 is 10.4 Å². The third-order valence-electron chi connectivity index (χ3n) is 4.33. The van der Waals surface area contributed by atoms with Crippen LogP contribution in [-0.4, -0.2) is 24.2 Å². The number of methoxy groups -OCH3 is 1. The Balaban J connectivity index is 1.87. The number of rotatable bonds is 5. The van der Waals surface area contributed by atoms with Gasteiger partial charge in [-0.25, -0.2) is 9.18 Å². The summed E-state index contributed by atoms with van der Waals surface area (Å²) in [6.45, 7) is 2.67. The molecule has 1 aromatic heterocycles. The molecule has 0 aliphatic rings. The van der Waals surface area contributed by atoms with Crippen molar-refractivity contribution in [3.8, 4) is 11.5 Å². The van der Waals surface area contributed by atoms with Gasteiger partial charge in [0.1, 0.15) is 11.3 Å². The van der Waals surface area contributed by atoms with Gasteiger partial charge < -0.3 is 14.3 Å². The molecule has 0 aliphatic carbocycles. The molecule has 0 amide bonds. The van der Waals surface area contributed by atoms with Crippen LogP contribution in [0.5, 0.6) is 11.5 Å². The highest BCUT2D eigenvalue weighted by atomic mass is 19.1. The molecule has 0 atom stereocenters. The van der Waals surface area contributed by atoms with E-state index in [-0.39, 0.29) is 11.5 Å². The maximum Gasteiger partial charge on any atom is 0.336 e. The van der Waals surface area contributed by atoms with Crippen molar-refractivity contribution < 1.29 is 18.7 Å². The molecule has 0 fully saturated rings. The Kier molecular flexibility index (Phi) is 4.95. The molecule has 136 valence electrons. The van der Waals surface area contributed by atoms with Crippen molar-refractivity contribution in [2.75, 3.05) is 14.2 Å². The van der Waals surface area contributed by atoms with Crippen LogP contribution in [0.25, 0.3) is 11.0 Å². The Morgan fingerprint density at radius 3 is 2.65 bits per heavy atom. The summed E-state index contributed by atoms with van der Waals surface area (Å²) < 4.78 is 24.0. The molecule has 0 spiro atoms. The molecule has 0 radical (unpaired) electrons. The summed E-state index contributed by atoms with van der Waals surface area (Å²) in [5, 5.41) is 10.6. The molecule has 5 nitrogen and oxygen atoms in total. The standard InChI is InChI=1S/C20H20FNO4/c1-12-17(23)6-5-15-14(9-19(24)26-20(12)15)11-22(2)10-13-4-7-18(25-3)16(21)8-13/h4-9,23H,10-11H2,1-3H3. The molecule has 1 N–H and O–H groups in total. The van der Waals surface area contributed by atoms with Crippen LogP contribution in [0.15, 0.2) is 45.6 Å². The quantitative estimate of drug-likeness (QED) is 0.707. The summed E-state index contributed by atoms with van der Waals surface area (Å²) in [6, 6.07) is 9.60. The second kappa shape index (κ2) is 7.17. The lowest BCUT2D eigenvalue weighted by molar-refractivity contribution is 0.318. The molecule has 6 heteroatoms. The monoisotopic (exact) mass is 357 g/mol. The fourth-order valence-corrected chi connectivity index (χ4v) is 3.01. The molecule has 3 rings (SSSR count). The summed E-state index contributed by atoms with van der Waals surface area (Å²) in [4.78, 5) is 13.9. The second-order valence-corrected chi connectivity index (χ2v) is 6.32. The highest BCUT2D eigenvalue weighted by molar-refractivity contribution is 5.84. The zero-order valence-electron chi connectivity index (χ0n) is 14.9. The van der Waals surface area contributed by atoms with Crippen LogP contribution >= 0.6 is 0 Å². The summed E-state index contributed by atoms with van der Waals surface area (Å²) >= 11 is 0. The lowest BCUT2D eigenvalue weighted by Crippen LogP contribution is -2.18. The van der Waals surface area contributed by atoms with Crippen molar-refractivity contribution in [1.82, 2.24) is 4.90 Å². The van der Waals surface area contributed by atoms with Crippen molar-refractivity contribution in [1.29, 1.82) is 0 Å². The number of halogens is 1. The van der Waals surface area contributed by atoms with Gasteiger partial charge in [-0.3, -0.25) is 4.90 Å². The van der Waals surface area contributed by atoms with Gasteiger partial charge >= 0.3 is 5.63 Å². The smallest absolute Gasteiger partial charge is 0.336 e. The van der Waals surface area contributed by atoms with E-state index in [2.05, 4.69) is 0 Å². The molecule has 0 unspecified atom stereocenters.